The molecule has 0 aliphatic heterocycles. The molecule has 0 heterocycles. The fourth-order valence-corrected chi connectivity index (χ4v) is 3.44. The summed E-state index contributed by atoms with van der Waals surface area (Å²) in [5.41, 5.74) is 0. The Morgan fingerprint density at radius 2 is 2.06 bits per heavy atom. The van der Waals surface area contributed by atoms with Gasteiger partial charge in [-0.15, -0.1) is 23.2 Å². The first-order chi connectivity index (χ1) is 8.22. The first-order valence-corrected chi connectivity index (χ1v) is 8.42. The number of carbonyl (C=O) groups is 1. The number of halogens is 2. The first-order valence-electron chi connectivity index (χ1n) is 6.29. The topological polar surface area (TPSA) is 29.1 Å². The van der Waals surface area contributed by atoms with Crippen LogP contribution >= 0.6 is 35.0 Å². The Kier molecular flexibility index (Phi) is 8.50. The van der Waals surface area contributed by atoms with Gasteiger partial charge in [0.25, 0.3) is 0 Å². The maximum absolute atomic E-state index is 11.7. The van der Waals surface area contributed by atoms with Crippen molar-refractivity contribution in [1.82, 2.24) is 5.32 Å². The van der Waals surface area contributed by atoms with E-state index in [-0.39, 0.29) is 11.3 Å². The molecule has 0 spiro atoms. The van der Waals surface area contributed by atoms with Crippen molar-refractivity contribution >= 4 is 40.9 Å². The second kappa shape index (κ2) is 9.35. The Labute approximate surface area is 118 Å². The standard InChI is InChI=1S/C12H21Cl2NOS/c13-6-7-17-9-10(14)8-12(16)15-11-4-2-1-3-5-11/h10-11H,1-9H2,(H,15,16). The van der Waals surface area contributed by atoms with E-state index in [4.69, 9.17) is 23.2 Å². The van der Waals surface area contributed by atoms with E-state index < -0.39 is 0 Å². The molecule has 1 aliphatic rings. The Balaban J connectivity index is 2.10. The molecule has 1 fully saturated rings. The summed E-state index contributed by atoms with van der Waals surface area (Å²) >= 11 is 13.4. The Morgan fingerprint density at radius 3 is 2.71 bits per heavy atom. The van der Waals surface area contributed by atoms with Crippen molar-refractivity contribution in [2.75, 3.05) is 17.4 Å². The molecule has 0 aromatic carbocycles. The minimum absolute atomic E-state index is 0.0770. The van der Waals surface area contributed by atoms with E-state index >= 15 is 0 Å². The molecule has 1 saturated carbocycles. The molecule has 1 rings (SSSR count). The van der Waals surface area contributed by atoms with Crippen LogP contribution in [-0.4, -0.2) is 34.7 Å². The van der Waals surface area contributed by atoms with Crippen molar-refractivity contribution in [3.8, 4) is 0 Å². The van der Waals surface area contributed by atoms with Gasteiger partial charge in [0.15, 0.2) is 0 Å². The molecule has 1 N–H and O–H groups in total. The fraction of sp³-hybridized carbons (Fsp3) is 0.917. The average Bonchev–Trinajstić information content (AvgIpc) is 2.30. The molecule has 0 radical (unpaired) electrons. The van der Waals surface area contributed by atoms with Crippen LogP contribution in [0.3, 0.4) is 0 Å². The molecule has 17 heavy (non-hydrogen) atoms. The average molecular weight is 298 g/mol. The van der Waals surface area contributed by atoms with Crippen molar-refractivity contribution in [3.63, 3.8) is 0 Å². The molecule has 0 bridgehead atoms. The Bertz CT molecular complexity index is 223. The van der Waals surface area contributed by atoms with Crippen LogP contribution in [0.4, 0.5) is 0 Å². The van der Waals surface area contributed by atoms with Gasteiger partial charge in [0.2, 0.25) is 5.91 Å². The highest BCUT2D eigenvalue weighted by atomic mass is 35.5. The van der Waals surface area contributed by atoms with Crippen LogP contribution in [0.25, 0.3) is 0 Å². The first kappa shape index (κ1) is 15.5. The number of amides is 1. The largest absolute Gasteiger partial charge is 0.353 e. The van der Waals surface area contributed by atoms with E-state index in [9.17, 15) is 4.79 Å². The zero-order chi connectivity index (χ0) is 12.5. The highest BCUT2D eigenvalue weighted by Gasteiger charge is 2.17. The molecule has 1 amide bonds. The lowest BCUT2D eigenvalue weighted by atomic mass is 9.95. The van der Waals surface area contributed by atoms with Gasteiger partial charge >= 0.3 is 0 Å². The zero-order valence-corrected chi connectivity index (χ0v) is 12.4. The van der Waals surface area contributed by atoms with Gasteiger partial charge in [-0.05, 0) is 12.8 Å². The SMILES string of the molecule is O=C(CC(Cl)CSCCCl)NC1CCCCC1. The fourth-order valence-electron chi connectivity index (χ4n) is 2.06. The summed E-state index contributed by atoms with van der Waals surface area (Å²) in [5.74, 6) is 2.44. The van der Waals surface area contributed by atoms with E-state index in [1.807, 2.05) is 0 Å². The van der Waals surface area contributed by atoms with Crippen LogP contribution in [-0.2, 0) is 4.79 Å². The lowest BCUT2D eigenvalue weighted by Gasteiger charge is -2.23. The molecule has 1 unspecified atom stereocenters. The van der Waals surface area contributed by atoms with E-state index in [1.165, 1.54) is 19.3 Å². The van der Waals surface area contributed by atoms with E-state index in [2.05, 4.69) is 5.32 Å². The van der Waals surface area contributed by atoms with Gasteiger partial charge in [-0.25, -0.2) is 0 Å². The molecule has 100 valence electrons. The van der Waals surface area contributed by atoms with Crippen LogP contribution in [0.2, 0.25) is 0 Å². The number of hydrogen-bond donors (Lipinski definition) is 1. The predicted octanol–water partition coefficient (Wildman–Crippen LogP) is 3.40. The summed E-state index contributed by atoms with van der Waals surface area (Å²) in [6.07, 6.45) is 6.45. The van der Waals surface area contributed by atoms with Gasteiger partial charge in [-0.1, -0.05) is 19.3 Å². The molecule has 0 aromatic rings. The van der Waals surface area contributed by atoms with Gasteiger partial charge in [-0.3, -0.25) is 4.79 Å². The van der Waals surface area contributed by atoms with Gasteiger partial charge in [-0.2, -0.15) is 11.8 Å². The van der Waals surface area contributed by atoms with Crippen molar-refractivity contribution in [1.29, 1.82) is 0 Å². The summed E-state index contributed by atoms with van der Waals surface area (Å²) in [6.45, 7) is 0. The maximum Gasteiger partial charge on any atom is 0.221 e. The molecular weight excluding hydrogens is 277 g/mol. The van der Waals surface area contributed by atoms with Crippen LogP contribution in [0.1, 0.15) is 38.5 Å². The smallest absolute Gasteiger partial charge is 0.221 e. The molecular formula is C12H21Cl2NOS. The zero-order valence-electron chi connectivity index (χ0n) is 10.1. The summed E-state index contributed by atoms with van der Waals surface area (Å²) in [6, 6.07) is 0.385. The highest BCUT2D eigenvalue weighted by molar-refractivity contribution is 7.99. The molecule has 5 heteroatoms. The summed E-state index contributed by atoms with van der Waals surface area (Å²) in [7, 11) is 0. The molecule has 0 aromatic heterocycles. The number of carbonyl (C=O) groups excluding carboxylic acids is 1. The maximum atomic E-state index is 11.7. The van der Waals surface area contributed by atoms with E-state index in [0.29, 0.717) is 18.3 Å². The van der Waals surface area contributed by atoms with Gasteiger partial charge < -0.3 is 5.32 Å². The van der Waals surface area contributed by atoms with E-state index in [1.54, 1.807) is 11.8 Å². The lowest BCUT2D eigenvalue weighted by molar-refractivity contribution is -0.121. The minimum Gasteiger partial charge on any atom is -0.353 e. The predicted molar refractivity (Wildman–Crippen MR) is 77.3 cm³/mol. The van der Waals surface area contributed by atoms with Crippen molar-refractivity contribution in [2.24, 2.45) is 0 Å². The second-order valence-electron chi connectivity index (χ2n) is 4.47. The summed E-state index contributed by atoms with van der Waals surface area (Å²) in [4.78, 5) is 11.7. The summed E-state index contributed by atoms with van der Waals surface area (Å²) < 4.78 is 0. The van der Waals surface area contributed by atoms with Crippen LogP contribution in [0, 0.1) is 0 Å². The second-order valence-corrected chi connectivity index (χ2v) is 6.61. The van der Waals surface area contributed by atoms with Gasteiger partial charge in [0.05, 0.1) is 5.38 Å². The van der Waals surface area contributed by atoms with Crippen molar-refractivity contribution in [3.05, 3.63) is 0 Å². The summed E-state index contributed by atoms with van der Waals surface area (Å²) in [5, 5.41) is 3.00. The minimum atomic E-state index is -0.0770. The third-order valence-corrected chi connectivity index (χ3v) is 4.93. The monoisotopic (exact) mass is 297 g/mol. The lowest BCUT2D eigenvalue weighted by Crippen LogP contribution is -2.37. The van der Waals surface area contributed by atoms with Gasteiger partial charge in [0, 0.05) is 29.8 Å². The number of hydrogen-bond acceptors (Lipinski definition) is 2. The highest BCUT2D eigenvalue weighted by Crippen LogP contribution is 2.18. The third-order valence-electron chi connectivity index (χ3n) is 2.90. The third kappa shape index (κ3) is 7.43. The number of rotatable bonds is 7. The van der Waals surface area contributed by atoms with E-state index in [0.717, 1.165) is 24.3 Å². The Hall–Kier alpha value is 0.400. The number of thioether (sulfide) groups is 1. The quantitative estimate of drug-likeness (QED) is 0.576. The molecule has 2 nitrogen and oxygen atoms in total. The molecule has 0 saturated heterocycles. The number of nitrogens with one attached hydrogen (secondary N) is 1. The normalized spacial score (nSPS) is 18.9. The Morgan fingerprint density at radius 1 is 1.35 bits per heavy atom. The molecule has 1 aliphatic carbocycles. The van der Waals surface area contributed by atoms with Crippen LogP contribution < -0.4 is 5.32 Å². The molecule has 1 atom stereocenters. The van der Waals surface area contributed by atoms with Crippen molar-refractivity contribution in [2.45, 2.75) is 49.9 Å². The van der Waals surface area contributed by atoms with Crippen molar-refractivity contribution < 1.29 is 4.79 Å². The van der Waals surface area contributed by atoms with Crippen LogP contribution in [0.15, 0.2) is 0 Å². The van der Waals surface area contributed by atoms with Gasteiger partial charge in [0.1, 0.15) is 0 Å². The van der Waals surface area contributed by atoms with Crippen LogP contribution in [0.5, 0.6) is 0 Å². The number of alkyl halides is 2.